The number of amides is 1. The maximum atomic E-state index is 11.8. The van der Waals surface area contributed by atoms with Crippen LogP contribution in [0.5, 0.6) is 0 Å². The maximum Gasteiger partial charge on any atom is 0.224 e. The molecule has 1 heterocycles. The molecule has 2 atom stereocenters. The smallest absolute Gasteiger partial charge is 0.224 e. The van der Waals surface area contributed by atoms with Gasteiger partial charge in [-0.2, -0.15) is 0 Å². The number of ether oxygens (including phenoxy) is 1. The number of methoxy groups -OCH3 is 1. The fourth-order valence-electron chi connectivity index (χ4n) is 1.96. The SMILES string of the molecule is COCCCNC(=O)C1CCCNC1C. The van der Waals surface area contributed by atoms with Crippen molar-refractivity contribution in [1.29, 1.82) is 0 Å². The molecule has 0 aliphatic carbocycles. The van der Waals surface area contributed by atoms with E-state index in [0.717, 1.165) is 32.4 Å². The maximum absolute atomic E-state index is 11.8. The number of carbonyl (C=O) groups is 1. The molecule has 2 unspecified atom stereocenters. The highest BCUT2D eigenvalue weighted by Gasteiger charge is 2.26. The molecule has 1 aliphatic heterocycles. The van der Waals surface area contributed by atoms with E-state index in [2.05, 4.69) is 17.6 Å². The summed E-state index contributed by atoms with van der Waals surface area (Å²) in [7, 11) is 1.68. The Morgan fingerprint density at radius 1 is 1.60 bits per heavy atom. The molecule has 88 valence electrons. The zero-order valence-corrected chi connectivity index (χ0v) is 9.71. The van der Waals surface area contributed by atoms with Gasteiger partial charge in [0.15, 0.2) is 0 Å². The molecule has 2 N–H and O–H groups in total. The van der Waals surface area contributed by atoms with Gasteiger partial charge in [0.2, 0.25) is 5.91 Å². The lowest BCUT2D eigenvalue weighted by atomic mass is 9.91. The molecular weight excluding hydrogens is 192 g/mol. The van der Waals surface area contributed by atoms with Crippen LogP contribution in [-0.4, -0.2) is 38.8 Å². The van der Waals surface area contributed by atoms with Gasteiger partial charge in [-0.05, 0) is 32.7 Å². The van der Waals surface area contributed by atoms with Gasteiger partial charge < -0.3 is 15.4 Å². The summed E-state index contributed by atoms with van der Waals surface area (Å²) < 4.78 is 4.93. The van der Waals surface area contributed by atoms with Gasteiger partial charge in [0, 0.05) is 26.3 Å². The highest BCUT2D eigenvalue weighted by Crippen LogP contribution is 2.15. The molecule has 0 aromatic rings. The minimum absolute atomic E-state index is 0.140. The van der Waals surface area contributed by atoms with Gasteiger partial charge in [0.05, 0.1) is 5.92 Å². The largest absolute Gasteiger partial charge is 0.385 e. The van der Waals surface area contributed by atoms with E-state index < -0.39 is 0 Å². The van der Waals surface area contributed by atoms with Crippen molar-refractivity contribution in [3.63, 3.8) is 0 Å². The second-order valence-electron chi connectivity index (χ2n) is 4.13. The van der Waals surface area contributed by atoms with E-state index in [1.807, 2.05) is 0 Å². The Balaban J connectivity index is 2.20. The standard InChI is InChI=1S/C11H22N2O2/c1-9-10(5-3-6-12-9)11(14)13-7-4-8-15-2/h9-10,12H,3-8H2,1-2H3,(H,13,14). The topological polar surface area (TPSA) is 50.4 Å². The number of carbonyl (C=O) groups excluding carboxylic acids is 1. The molecular formula is C11H22N2O2. The number of nitrogens with one attached hydrogen (secondary N) is 2. The molecule has 1 fully saturated rings. The summed E-state index contributed by atoms with van der Waals surface area (Å²) in [6.07, 6.45) is 2.99. The first-order valence-corrected chi connectivity index (χ1v) is 5.75. The van der Waals surface area contributed by atoms with Crippen molar-refractivity contribution in [3.8, 4) is 0 Å². The quantitative estimate of drug-likeness (QED) is 0.656. The van der Waals surface area contributed by atoms with Crippen molar-refractivity contribution in [2.45, 2.75) is 32.2 Å². The van der Waals surface area contributed by atoms with Crippen LogP contribution < -0.4 is 10.6 Å². The van der Waals surface area contributed by atoms with Gasteiger partial charge in [0.25, 0.3) is 0 Å². The van der Waals surface area contributed by atoms with E-state index in [1.165, 1.54) is 0 Å². The number of hydrogen-bond donors (Lipinski definition) is 2. The molecule has 4 nitrogen and oxygen atoms in total. The molecule has 0 spiro atoms. The van der Waals surface area contributed by atoms with Crippen LogP contribution in [0.4, 0.5) is 0 Å². The molecule has 0 radical (unpaired) electrons. The van der Waals surface area contributed by atoms with Crippen LogP contribution >= 0.6 is 0 Å². The lowest BCUT2D eigenvalue weighted by molar-refractivity contribution is -0.126. The average Bonchev–Trinajstić information content (AvgIpc) is 2.25. The molecule has 0 aromatic carbocycles. The highest BCUT2D eigenvalue weighted by atomic mass is 16.5. The summed E-state index contributed by atoms with van der Waals surface area (Å²) in [6, 6.07) is 0.307. The second kappa shape index (κ2) is 6.80. The third-order valence-corrected chi connectivity index (χ3v) is 2.92. The van der Waals surface area contributed by atoms with E-state index >= 15 is 0 Å². The summed E-state index contributed by atoms with van der Waals surface area (Å²) in [5.41, 5.74) is 0. The van der Waals surface area contributed by atoms with Crippen LogP contribution in [-0.2, 0) is 9.53 Å². The molecule has 0 saturated carbocycles. The van der Waals surface area contributed by atoms with Crippen LogP contribution in [0.3, 0.4) is 0 Å². The molecule has 1 aliphatic rings. The van der Waals surface area contributed by atoms with E-state index in [0.29, 0.717) is 12.6 Å². The first kappa shape index (κ1) is 12.5. The van der Waals surface area contributed by atoms with Crippen molar-refractivity contribution >= 4 is 5.91 Å². The first-order valence-electron chi connectivity index (χ1n) is 5.75. The monoisotopic (exact) mass is 214 g/mol. The molecule has 1 saturated heterocycles. The minimum Gasteiger partial charge on any atom is -0.385 e. The minimum atomic E-state index is 0.140. The summed E-state index contributed by atoms with van der Waals surface area (Å²) in [5.74, 6) is 0.326. The molecule has 4 heteroatoms. The van der Waals surface area contributed by atoms with Crippen molar-refractivity contribution in [2.24, 2.45) is 5.92 Å². The van der Waals surface area contributed by atoms with Crippen LogP contribution in [0.15, 0.2) is 0 Å². The molecule has 1 amide bonds. The molecule has 1 rings (SSSR count). The third-order valence-electron chi connectivity index (χ3n) is 2.92. The molecule has 0 bridgehead atoms. The number of rotatable bonds is 5. The van der Waals surface area contributed by atoms with E-state index in [9.17, 15) is 4.79 Å². The van der Waals surface area contributed by atoms with Gasteiger partial charge in [-0.25, -0.2) is 0 Å². The van der Waals surface area contributed by atoms with Gasteiger partial charge in [-0.1, -0.05) is 0 Å². The summed E-state index contributed by atoms with van der Waals surface area (Å²) in [4.78, 5) is 11.8. The van der Waals surface area contributed by atoms with Crippen LogP contribution in [0.2, 0.25) is 0 Å². The Labute approximate surface area is 91.8 Å². The van der Waals surface area contributed by atoms with Gasteiger partial charge >= 0.3 is 0 Å². The second-order valence-corrected chi connectivity index (χ2v) is 4.13. The Kier molecular flexibility index (Phi) is 5.65. The summed E-state index contributed by atoms with van der Waals surface area (Å²) >= 11 is 0. The third kappa shape index (κ3) is 4.18. The Morgan fingerprint density at radius 2 is 2.40 bits per heavy atom. The van der Waals surface area contributed by atoms with Crippen LogP contribution in [0.1, 0.15) is 26.2 Å². The van der Waals surface area contributed by atoms with E-state index in [1.54, 1.807) is 7.11 Å². The molecule has 0 aromatic heterocycles. The fourth-order valence-corrected chi connectivity index (χ4v) is 1.96. The van der Waals surface area contributed by atoms with Crippen LogP contribution in [0.25, 0.3) is 0 Å². The number of piperidine rings is 1. The zero-order chi connectivity index (χ0) is 11.1. The fraction of sp³-hybridized carbons (Fsp3) is 0.909. The van der Waals surface area contributed by atoms with Crippen molar-refractivity contribution in [2.75, 3.05) is 26.8 Å². The number of hydrogen-bond acceptors (Lipinski definition) is 3. The Bertz CT molecular complexity index is 197. The summed E-state index contributed by atoms with van der Waals surface area (Å²) in [6.45, 7) is 4.54. The summed E-state index contributed by atoms with van der Waals surface area (Å²) in [5, 5.41) is 6.29. The van der Waals surface area contributed by atoms with E-state index in [-0.39, 0.29) is 11.8 Å². The molecule has 15 heavy (non-hydrogen) atoms. The predicted molar refractivity (Wildman–Crippen MR) is 59.7 cm³/mol. The predicted octanol–water partition coefficient (Wildman–Crippen LogP) is 0.527. The highest BCUT2D eigenvalue weighted by molar-refractivity contribution is 5.79. The van der Waals surface area contributed by atoms with Gasteiger partial charge in [0.1, 0.15) is 0 Å². The van der Waals surface area contributed by atoms with Gasteiger partial charge in [-0.3, -0.25) is 4.79 Å². The van der Waals surface area contributed by atoms with Crippen LogP contribution in [0, 0.1) is 5.92 Å². The Hall–Kier alpha value is -0.610. The van der Waals surface area contributed by atoms with E-state index in [4.69, 9.17) is 4.74 Å². The average molecular weight is 214 g/mol. The van der Waals surface area contributed by atoms with Crippen molar-refractivity contribution in [1.82, 2.24) is 10.6 Å². The lowest BCUT2D eigenvalue weighted by Gasteiger charge is -2.28. The van der Waals surface area contributed by atoms with Crippen molar-refractivity contribution < 1.29 is 9.53 Å². The van der Waals surface area contributed by atoms with Gasteiger partial charge in [-0.15, -0.1) is 0 Å². The zero-order valence-electron chi connectivity index (χ0n) is 9.71. The first-order chi connectivity index (χ1) is 7.25. The van der Waals surface area contributed by atoms with Crippen molar-refractivity contribution in [3.05, 3.63) is 0 Å². The lowest BCUT2D eigenvalue weighted by Crippen LogP contribution is -2.46. The Morgan fingerprint density at radius 3 is 3.07 bits per heavy atom. The normalized spacial score (nSPS) is 26.3.